The Morgan fingerprint density at radius 3 is 2.19 bits per heavy atom. The van der Waals surface area contributed by atoms with E-state index in [2.05, 4.69) is 5.10 Å². The standard InChI is InChI=1S/C13H22N4O3S/c1-5-21(19,20)17-8-6-16(7-9-17)13(18)12-10(2)14-15(4)11(12)3/h5-9H2,1-4H3. The van der Waals surface area contributed by atoms with E-state index >= 15 is 0 Å². The summed E-state index contributed by atoms with van der Waals surface area (Å²) in [6, 6.07) is 0. The van der Waals surface area contributed by atoms with E-state index in [0.717, 1.165) is 5.69 Å². The van der Waals surface area contributed by atoms with Crippen LogP contribution in [0.15, 0.2) is 0 Å². The largest absolute Gasteiger partial charge is 0.336 e. The molecule has 1 fully saturated rings. The Kier molecular flexibility index (Phi) is 4.38. The molecule has 1 aromatic rings. The minimum atomic E-state index is -3.17. The molecule has 21 heavy (non-hydrogen) atoms. The molecule has 0 radical (unpaired) electrons. The van der Waals surface area contributed by atoms with Gasteiger partial charge >= 0.3 is 0 Å². The third-order valence-corrected chi connectivity index (χ3v) is 5.89. The molecule has 0 unspecified atom stereocenters. The molecular weight excluding hydrogens is 292 g/mol. The molecule has 2 rings (SSSR count). The molecule has 118 valence electrons. The van der Waals surface area contributed by atoms with Crippen LogP contribution in [0.4, 0.5) is 0 Å². The molecule has 0 saturated carbocycles. The third-order valence-electron chi connectivity index (χ3n) is 4.01. The summed E-state index contributed by atoms with van der Waals surface area (Å²) in [5, 5.41) is 4.26. The van der Waals surface area contributed by atoms with Gasteiger partial charge in [-0.25, -0.2) is 8.42 Å². The van der Waals surface area contributed by atoms with Gasteiger partial charge in [-0.1, -0.05) is 0 Å². The van der Waals surface area contributed by atoms with Crippen LogP contribution >= 0.6 is 0 Å². The predicted octanol–water partition coefficient (Wildman–Crippen LogP) is 0.144. The molecule has 0 bridgehead atoms. The number of rotatable bonds is 3. The van der Waals surface area contributed by atoms with E-state index in [1.54, 1.807) is 16.5 Å². The van der Waals surface area contributed by atoms with Crippen molar-refractivity contribution in [2.75, 3.05) is 31.9 Å². The number of amides is 1. The van der Waals surface area contributed by atoms with Gasteiger partial charge in [0.05, 0.1) is 17.0 Å². The average molecular weight is 314 g/mol. The number of hydrogen-bond acceptors (Lipinski definition) is 4. The quantitative estimate of drug-likeness (QED) is 0.795. The van der Waals surface area contributed by atoms with Crippen LogP contribution in [-0.2, 0) is 17.1 Å². The summed E-state index contributed by atoms with van der Waals surface area (Å²) in [5.41, 5.74) is 2.18. The maximum absolute atomic E-state index is 12.6. The number of aromatic nitrogens is 2. The molecule has 1 amide bonds. The Bertz CT molecular complexity index is 643. The second kappa shape index (κ2) is 5.76. The summed E-state index contributed by atoms with van der Waals surface area (Å²) >= 11 is 0. The summed E-state index contributed by atoms with van der Waals surface area (Å²) in [5.74, 6) is 0.0357. The van der Waals surface area contributed by atoms with Crippen LogP contribution in [0.5, 0.6) is 0 Å². The maximum Gasteiger partial charge on any atom is 0.257 e. The Morgan fingerprint density at radius 1 is 1.19 bits per heavy atom. The fourth-order valence-electron chi connectivity index (χ4n) is 2.59. The Balaban J connectivity index is 2.11. The van der Waals surface area contributed by atoms with Crippen molar-refractivity contribution in [1.82, 2.24) is 19.0 Å². The van der Waals surface area contributed by atoms with Crippen LogP contribution in [0, 0.1) is 13.8 Å². The smallest absolute Gasteiger partial charge is 0.257 e. The first kappa shape index (κ1) is 16.0. The minimum absolute atomic E-state index is 0.0633. The van der Waals surface area contributed by atoms with Crippen molar-refractivity contribution in [3.05, 3.63) is 17.0 Å². The highest BCUT2D eigenvalue weighted by Gasteiger charge is 2.30. The molecule has 1 aliphatic rings. The molecule has 0 atom stereocenters. The number of hydrogen-bond donors (Lipinski definition) is 0. The predicted molar refractivity (Wildman–Crippen MR) is 79.6 cm³/mol. The highest BCUT2D eigenvalue weighted by atomic mass is 32.2. The van der Waals surface area contributed by atoms with Gasteiger partial charge in [0.15, 0.2) is 0 Å². The zero-order valence-electron chi connectivity index (χ0n) is 13.0. The van der Waals surface area contributed by atoms with Crippen molar-refractivity contribution < 1.29 is 13.2 Å². The van der Waals surface area contributed by atoms with Crippen LogP contribution in [0.2, 0.25) is 0 Å². The number of nitrogens with zero attached hydrogens (tertiary/aromatic N) is 4. The monoisotopic (exact) mass is 314 g/mol. The van der Waals surface area contributed by atoms with Crippen LogP contribution in [-0.4, -0.2) is 65.2 Å². The Morgan fingerprint density at radius 2 is 1.76 bits per heavy atom. The summed E-state index contributed by atoms with van der Waals surface area (Å²) in [6.45, 7) is 6.89. The van der Waals surface area contributed by atoms with Gasteiger partial charge in [-0.05, 0) is 20.8 Å². The molecule has 0 spiro atoms. The summed E-state index contributed by atoms with van der Waals surface area (Å²) < 4.78 is 26.8. The normalized spacial score (nSPS) is 17.2. The van der Waals surface area contributed by atoms with Gasteiger partial charge in [-0.3, -0.25) is 9.48 Å². The van der Waals surface area contributed by atoms with Crippen molar-refractivity contribution >= 4 is 15.9 Å². The van der Waals surface area contributed by atoms with E-state index in [-0.39, 0.29) is 11.7 Å². The van der Waals surface area contributed by atoms with Crippen molar-refractivity contribution in [3.8, 4) is 0 Å². The number of sulfonamides is 1. The second-order valence-electron chi connectivity index (χ2n) is 5.26. The molecule has 2 heterocycles. The molecule has 7 nitrogen and oxygen atoms in total. The first-order chi connectivity index (χ1) is 9.77. The van der Waals surface area contributed by atoms with E-state index in [1.807, 2.05) is 20.9 Å². The van der Waals surface area contributed by atoms with Gasteiger partial charge < -0.3 is 4.90 Å². The number of piperazine rings is 1. The Hall–Kier alpha value is -1.41. The van der Waals surface area contributed by atoms with Gasteiger partial charge in [0.25, 0.3) is 5.91 Å². The maximum atomic E-state index is 12.6. The average Bonchev–Trinajstić information content (AvgIpc) is 2.71. The molecule has 1 aromatic heterocycles. The van der Waals surface area contributed by atoms with E-state index in [4.69, 9.17) is 0 Å². The highest BCUT2D eigenvalue weighted by Crippen LogP contribution is 2.17. The fourth-order valence-corrected chi connectivity index (χ4v) is 3.68. The molecule has 0 N–H and O–H groups in total. The lowest BCUT2D eigenvalue weighted by atomic mass is 10.1. The van der Waals surface area contributed by atoms with Crippen molar-refractivity contribution in [3.63, 3.8) is 0 Å². The molecular formula is C13H22N4O3S. The fraction of sp³-hybridized carbons (Fsp3) is 0.692. The van der Waals surface area contributed by atoms with E-state index in [0.29, 0.717) is 37.4 Å². The van der Waals surface area contributed by atoms with Crippen molar-refractivity contribution in [1.29, 1.82) is 0 Å². The van der Waals surface area contributed by atoms with Crippen LogP contribution in [0.3, 0.4) is 0 Å². The third kappa shape index (κ3) is 2.96. The number of carbonyl (C=O) groups is 1. The van der Waals surface area contributed by atoms with Crippen LogP contribution < -0.4 is 0 Å². The molecule has 8 heteroatoms. The SMILES string of the molecule is CCS(=O)(=O)N1CCN(C(=O)c2c(C)nn(C)c2C)CC1. The first-order valence-electron chi connectivity index (χ1n) is 7.05. The highest BCUT2D eigenvalue weighted by molar-refractivity contribution is 7.89. The second-order valence-corrected chi connectivity index (χ2v) is 7.52. The minimum Gasteiger partial charge on any atom is -0.336 e. The van der Waals surface area contributed by atoms with E-state index in [9.17, 15) is 13.2 Å². The lowest BCUT2D eigenvalue weighted by molar-refractivity contribution is 0.0696. The van der Waals surface area contributed by atoms with Gasteiger partial charge in [-0.15, -0.1) is 0 Å². The molecule has 1 aliphatic heterocycles. The van der Waals surface area contributed by atoms with E-state index < -0.39 is 10.0 Å². The van der Waals surface area contributed by atoms with Crippen molar-refractivity contribution in [2.45, 2.75) is 20.8 Å². The van der Waals surface area contributed by atoms with Gasteiger partial charge in [0, 0.05) is 38.9 Å². The van der Waals surface area contributed by atoms with Gasteiger partial charge in [-0.2, -0.15) is 9.40 Å². The topological polar surface area (TPSA) is 75.5 Å². The van der Waals surface area contributed by atoms with Crippen LogP contribution in [0.25, 0.3) is 0 Å². The zero-order valence-corrected chi connectivity index (χ0v) is 13.8. The molecule has 0 aliphatic carbocycles. The molecule has 1 saturated heterocycles. The summed E-state index contributed by atoms with van der Waals surface area (Å²) in [7, 11) is -1.36. The Labute approximate surface area is 125 Å². The number of aryl methyl sites for hydroxylation is 2. The lowest BCUT2D eigenvalue weighted by Gasteiger charge is -2.33. The first-order valence-corrected chi connectivity index (χ1v) is 8.66. The lowest BCUT2D eigenvalue weighted by Crippen LogP contribution is -2.51. The van der Waals surface area contributed by atoms with Crippen molar-refractivity contribution in [2.24, 2.45) is 7.05 Å². The summed E-state index contributed by atoms with van der Waals surface area (Å²) in [4.78, 5) is 14.3. The molecule has 0 aromatic carbocycles. The van der Waals surface area contributed by atoms with Crippen LogP contribution in [0.1, 0.15) is 28.7 Å². The number of carbonyl (C=O) groups excluding carboxylic acids is 1. The summed E-state index contributed by atoms with van der Waals surface area (Å²) in [6.07, 6.45) is 0. The van der Waals surface area contributed by atoms with E-state index in [1.165, 1.54) is 4.31 Å². The van der Waals surface area contributed by atoms with Gasteiger partial charge in [0.2, 0.25) is 10.0 Å². The zero-order chi connectivity index (χ0) is 15.8. The van der Waals surface area contributed by atoms with Gasteiger partial charge in [0.1, 0.15) is 0 Å².